The van der Waals surface area contributed by atoms with Crippen molar-refractivity contribution >= 4 is 0 Å². The quantitative estimate of drug-likeness (QED) is 0.703. The van der Waals surface area contributed by atoms with E-state index in [0.29, 0.717) is 6.61 Å². The molecular weight excluding hydrogens is 162 g/mol. The van der Waals surface area contributed by atoms with E-state index in [4.69, 9.17) is 5.11 Å². The van der Waals surface area contributed by atoms with E-state index < -0.39 is 0 Å². The lowest BCUT2D eigenvalue weighted by Crippen LogP contribution is -2.34. The van der Waals surface area contributed by atoms with Crippen molar-refractivity contribution < 1.29 is 5.11 Å². The van der Waals surface area contributed by atoms with E-state index in [9.17, 15) is 0 Å². The van der Waals surface area contributed by atoms with Gasteiger partial charge in [0, 0.05) is 13.2 Å². The Kier molecular flexibility index (Phi) is 5.40. The number of likely N-dealkylation sites (tertiary alicyclic amines) is 1. The van der Waals surface area contributed by atoms with Crippen molar-refractivity contribution in [3.8, 4) is 0 Å². The normalized spacial score (nSPS) is 20.8. The molecular formula is C11H22NO. The summed E-state index contributed by atoms with van der Waals surface area (Å²) < 4.78 is 0. The number of rotatable bonds is 5. The molecule has 0 atom stereocenters. The zero-order chi connectivity index (χ0) is 9.52. The van der Waals surface area contributed by atoms with Crippen LogP contribution in [0.3, 0.4) is 0 Å². The maximum absolute atomic E-state index is 8.70. The van der Waals surface area contributed by atoms with Crippen molar-refractivity contribution in [1.82, 2.24) is 4.90 Å². The topological polar surface area (TPSA) is 23.5 Å². The van der Waals surface area contributed by atoms with Crippen molar-refractivity contribution in [1.29, 1.82) is 0 Å². The number of hydrogen-bond acceptors (Lipinski definition) is 2. The lowest BCUT2D eigenvalue weighted by Gasteiger charge is -2.31. The van der Waals surface area contributed by atoms with E-state index in [1.54, 1.807) is 0 Å². The predicted molar refractivity (Wildman–Crippen MR) is 55.5 cm³/mol. The molecule has 0 aromatic heterocycles. The van der Waals surface area contributed by atoms with E-state index in [0.717, 1.165) is 25.3 Å². The van der Waals surface area contributed by atoms with E-state index >= 15 is 0 Å². The maximum Gasteiger partial charge on any atom is 0.0443 e. The van der Waals surface area contributed by atoms with Gasteiger partial charge < -0.3 is 10.0 Å². The molecule has 1 rings (SSSR count). The third kappa shape index (κ3) is 4.10. The van der Waals surface area contributed by atoms with E-state index in [1.165, 1.54) is 32.4 Å². The zero-order valence-corrected chi connectivity index (χ0v) is 8.54. The molecule has 1 N–H and O–H groups in total. The summed E-state index contributed by atoms with van der Waals surface area (Å²) >= 11 is 0. The van der Waals surface area contributed by atoms with Gasteiger partial charge in [-0.2, -0.15) is 0 Å². The highest BCUT2D eigenvalue weighted by atomic mass is 16.3. The molecule has 1 aliphatic heterocycles. The molecule has 1 radical (unpaired) electrons. The van der Waals surface area contributed by atoms with Crippen LogP contribution >= 0.6 is 0 Å². The Bertz CT molecular complexity index is 119. The molecule has 13 heavy (non-hydrogen) atoms. The summed E-state index contributed by atoms with van der Waals surface area (Å²) in [5, 5.41) is 8.70. The Balaban J connectivity index is 2.08. The number of aliphatic hydroxyl groups excluding tert-OH is 1. The minimum Gasteiger partial charge on any atom is -0.396 e. The SMILES string of the molecule is [CH2]CCC1CCN(CCCO)CC1. The van der Waals surface area contributed by atoms with E-state index in [-0.39, 0.29) is 0 Å². The van der Waals surface area contributed by atoms with Crippen LogP contribution in [0.25, 0.3) is 0 Å². The first-order valence-electron chi connectivity index (χ1n) is 5.49. The van der Waals surface area contributed by atoms with Crippen LogP contribution in [0.15, 0.2) is 0 Å². The van der Waals surface area contributed by atoms with Crippen molar-refractivity contribution in [3.05, 3.63) is 6.92 Å². The fourth-order valence-corrected chi connectivity index (χ4v) is 2.08. The second-order valence-corrected chi connectivity index (χ2v) is 4.00. The standard InChI is InChI=1S/C11H22NO/c1-2-4-11-5-8-12(9-6-11)7-3-10-13/h11,13H,1-10H2. The molecule has 0 saturated carbocycles. The van der Waals surface area contributed by atoms with Gasteiger partial charge in [-0.15, -0.1) is 0 Å². The monoisotopic (exact) mass is 184 g/mol. The summed E-state index contributed by atoms with van der Waals surface area (Å²) in [6.07, 6.45) is 5.98. The molecule has 1 heterocycles. The first-order valence-corrected chi connectivity index (χ1v) is 5.49. The minimum absolute atomic E-state index is 0.332. The summed E-state index contributed by atoms with van der Waals surface area (Å²) in [5.74, 6) is 0.919. The third-order valence-corrected chi connectivity index (χ3v) is 2.95. The molecule has 0 spiro atoms. The highest BCUT2D eigenvalue weighted by molar-refractivity contribution is 4.72. The molecule has 0 aromatic carbocycles. The van der Waals surface area contributed by atoms with Crippen LogP contribution in [0.1, 0.15) is 32.1 Å². The molecule has 0 aromatic rings. The molecule has 0 unspecified atom stereocenters. The molecule has 0 bridgehead atoms. The van der Waals surface area contributed by atoms with Gasteiger partial charge in [0.05, 0.1) is 0 Å². The molecule has 77 valence electrons. The summed E-state index contributed by atoms with van der Waals surface area (Å²) in [6, 6.07) is 0. The van der Waals surface area contributed by atoms with Crippen LogP contribution in [0, 0.1) is 12.8 Å². The van der Waals surface area contributed by atoms with Gasteiger partial charge in [0.25, 0.3) is 0 Å². The second-order valence-electron chi connectivity index (χ2n) is 4.00. The van der Waals surface area contributed by atoms with Gasteiger partial charge in [0.15, 0.2) is 0 Å². The van der Waals surface area contributed by atoms with Gasteiger partial charge in [-0.25, -0.2) is 0 Å². The summed E-state index contributed by atoms with van der Waals surface area (Å²) in [4.78, 5) is 2.47. The lowest BCUT2D eigenvalue weighted by molar-refractivity contribution is 0.164. The van der Waals surface area contributed by atoms with Crippen molar-refractivity contribution in [2.75, 3.05) is 26.2 Å². The summed E-state index contributed by atoms with van der Waals surface area (Å²) in [5.41, 5.74) is 0. The molecule has 0 aliphatic carbocycles. The largest absolute Gasteiger partial charge is 0.396 e. The third-order valence-electron chi connectivity index (χ3n) is 2.95. The number of aliphatic hydroxyl groups is 1. The Morgan fingerprint density at radius 2 is 2.00 bits per heavy atom. The van der Waals surface area contributed by atoms with Crippen LogP contribution < -0.4 is 0 Å². The van der Waals surface area contributed by atoms with Gasteiger partial charge in [-0.1, -0.05) is 19.8 Å². The zero-order valence-electron chi connectivity index (χ0n) is 8.54. The molecule has 1 saturated heterocycles. The predicted octanol–water partition coefficient (Wildman–Crippen LogP) is 1.70. The minimum atomic E-state index is 0.332. The van der Waals surface area contributed by atoms with Crippen molar-refractivity contribution in [2.45, 2.75) is 32.1 Å². The van der Waals surface area contributed by atoms with E-state index in [1.807, 2.05) is 0 Å². The van der Waals surface area contributed by atoms with E-state index in [2.05, 4.69) is 11.8 Å². The smallest absolute Gasteiger partial charge is 0.0443 e. The molecule has 1 fully saturated rings. The lowest BCUT2D eigenvalue weighted by atomic mass is 9.92. The van der Waals surface area contributed by atoms with Crippen molar-refractivity contribution in [3.63, 3.8) is 0 Å². The van der Waals surface area contributed by atoms with Crippen LogP contribution in [-0.2, 0) is 0 Å². The van der Waals surface area contributed by atoms with Gasteiger partial charge in [-0.05, 0) is 38.3 Å². The van der Waals surface area contributed by atoms with Crippen LogP contribution in [-0.4, -0.2) is 36.2 Å². The summed E-state index contributed by atoms with van der Waals surface area (Å²) in [7, 11) is 0. The molecule has 0 amide bonds. The molecule has 2 heteroatoms. The average Bonchev–Trinajstić information content (AvgIpc) is 2.17. The Labute approximate surface area is 81.9 Å². The molecule has 2 nitrogen and oxygen atoms in total. The number of nitrogens with zero attached hydrogens (tertiary/aromatic N) is 1. The number of hydrogen-bond donors (Lipinski definition) is 1. The fourth-order valence-electron chi connectivity index (χ4n) is 2.08. The Morgan fingerprint density at radius 1 is 1.31 bits per heavy atom. The van der Waals surface area contributed by atoms with Crippen LogP contribution in [0.5, 0.6) is 0 Å². The van der Waals surface area contributed by atoms with Crippen LogP contribution in [0.2, 0.25) is 0 Å². The van der Waals surface area contributed by atoms with Crippen LogP contribution in [0.4, 0.5) is 0 Å². The van der Waals surface area contributed by atoms with Gasteiger partial charge >= 0.3 is 0 Å². The average molecular weight is 184 g/mol. The first kappa shape index (κ1) is 11.0. The molecule has 1 aliphatic rings. The van der Waals surface area contributed by atoms with Crippen molar-refractivity contribution in [2.24, 2.45) is 5.92 Å². The second kappa shape index (κ2) is 6.39. The summed E-state index contributed by atoms with van der Waals surface area (Å²) in [6.45, 7) is 7.76. The highest BCUT2D eigenvalue weighted by Crippen LogP contribution is 2.21. The first-order chi connectivity index (χ1) is 6.36. The number of piperidine rings is 1. The highest BCUT2D eigenvalue weighted by Gasteiger charge is 2.17. The van der Waals surface area contributed by atoms with Gasteiger partial charge in [0.2, 0.25) is 0 Å². The maximum atomic E-state index is 8.70. The fraction of sp³-hybridized carbons (Fsp3) is 0.909. The Morgan fingerprint density at radius 3 is 2.54 bits per heavy atom. The van der Waals surface area contributed by atoms with Gasteiger partial charge in [0.1, 0.15) is 0 Å². The Hall–Kier alpha value is -0.0800. The van der Waals surface area contributed by atoms with Gasteiger partial charge in [-0.3, -0.25) is 0 Å².